The first-order valence-electron chi connectivity index (χ1n) is 9.53. The van der Waals surface area contributed by atoms with Gasteiger partial charge in [-0.1, -0.05) is 43.2 Å². The molecule has 0 unspecified atom stereocenters. The van der Waals surface area contributed by atoms with Gasteiger partial charge in [-0.05, 0) is 92.8 Å². The molecule has 3 rings (SSSR count). The van der Waals surface area contributed by atoms with Crippen molar-refractivity contribution in [3.8, 4) is 0 Å². The lowest BCUT2D eigenvalue weighted by Gasteiger charge is -2.27. The summed E-state index contributed by atoms with van der Waals surface area (Å²) >= 11 is 0. The van der Waals surface area contributed by atoms with E-state index in [1.54, 1.807) is 0 Å². The van der Waals surface area contributed by atoms with Gasteiger partial charge in [-0.25, -0.2) is 0 Å². The molecule has 0 amide bonds. The highest BCUT2D eigenvalue weighted by Gasteiger charge is 2.14. The maximum absolute atomic E-state index is 2.37. The molecular formula is C25H29N. The van der Waals surface area contributed by atoms with Crippen molar-refractivity contribution in [3.05, 3.63) is 88.5 Å². The molecule has 0 atom stereocenters. The number of anilines is 3. The summed E-state index contributed by atoms with van der Waals surface area (Å²) in [5.41, 5.74) is 10.4. The van der Waals surface area contributed by atoms with E-state index in [9.17, 15) is 0 Å². The van der Waals surface area contributed by atoms with E-state index >= 15 is 0 Å². The first kappa shape index (κ1) is 18.3. The topological polar surface area (TPSA) is 3.24 Å². The molecule has 0 radical (unpaired) electrons. The fourth-order valence-electron chi connectivity index (χ4n) is 3.34. The average Bonchev–Trinajstić information content (AvgIpc) is 2.63. The molecule has 3 aromatic rings. The van der Waals surface area contributed by atoms with Gasteiger partial charge in [0.2, 0.25) is 0 Å². The van der Waals surface area contributed by atoms with Gasteiger partial charge in [-0.2, -0.15) is 0 Å². The van der Waals surface area contributed by atoms with Crippen molar-refractivity contribution in [2.75, 3.05) is 4.90 Å². The minimum absolute atomic E-state index is 1.12. The summed E-state index contributed by atoms with van der Waals surface area (Å²) in [5.74, 6) is 0. The number of rotatable bonds is 5. The summed E-state index contributed by atoms with van der Waals surface area (Å²) in [5, 5.41) is 0. The first-order chi connectivity index (χ1) is 12.5. The van der Waals surface area contributed by atoms with Crippen LogP contribution in [0.3, 0.4) is 0 Å². The van der Waals surface area contributed by atoms with Gasteiger partial charge in [0.05, 0.1) is 0 Å². The number of aryl methyl sites for hydroxylation is 5. The maximum atomic E-state index is 2.37. The molecule has 0 spiro atoms. The first-order valence-corrected chi connectivity index (χ1v) is 9.53. The molecule has 134 valence electrons. The molecule has 0 N–H and O–H groups in total. The van der Waals surface area contributed by atoms with Crippen LogP contribution in [0.4, 0.5) is 17.1 Å². The monoisotopic (exact) mass is 343 g/mol. The van der Waals surface area contributed by atoms with Crippen LogP contribution in [0.1, 0.15) is 41.2 Å². The van der Waals surface area contributed by atoms with Crippen molar-refractivity contribution >= 4 is 17.1 Å². The Labute approximate surface area is 158 Å². The van der Waals surface area contributed by atoms with E-state index in [1.165, 1.54) is 51.3 Å². The Hall–Kier alpha value is -2.54. The van der Waals surface area contributed by atoms with Crippen LogP contribution in [0.15, 0.2) is 60.7 Å². The lowest BCUT2D eigenvalue weighted by atomic mass is 10.0. The summed E-state index contributed by atoms with van der Waals surface area (Å²) in [4.78, 5) is 2.37. The van der Waals surface area contributed by atoms with Crippen molar-refractivity contribution in [2.45, 2.75) is 47.5 Å². The Morgan fingerprint density at radius 3 is 1.81 bits per heavy atom. The molecule has 0 saturated heterocycles. The highest BCUT2D eigenvalue weighted by Crippen LogP contribution is 2.36. The molecule has 0 aliphatic rings. The van der Waals surface area contributed by atoms with Crippen LogP contribution in [-0.2, 0) is 6.42 Å². The number of hydrogen-bond donors (Lipinski definition) is 0. The standard InChI is InChI=1S/C25H29N/c1-6-7-22-17-25(15-11-20(22)4)26(23-12-8-18(2)9-13-23)24-14-10-19(3)21(5)16-24/h8-17H,6-7H2,1-5H3. The molecule has 0 aromatic heterocycles. The van der Waals surface area contributed by atoms with E-state index in [4.69, 9.17) is 0 Å². The molecule has 0 bridgehead atoms. The van der Waals surface area contributed by atoms with Crippen LogP contribution in [0.5, 0.6) is 0 Å². The van der Waals surface area contributed by atoms with Crippen LogP contribution in [-0.4, -0.2) is 0 Å². The van der Waals surface area contributed by atoms with Gasteiger partial charge in [0.15, 0.2) is 0 Å². The highest BCUT2D eigenvalue weighted by molar-refractivity contribution is 5.77. The third kappa shape index (κ3) is 3.83. The van der Waals surface area contributed by atoms with E-state index in [0.717, 1.165) is 6.42 Å². The van der Waals surface area contributed by atoms with Gasteiger partial charge >= 0.3 is 0 Å². The van der Waals surface area contributed by atoms with Crippen LogP contribution in [0, 0.1) is 27.7 Å². The van der Waals surface area contributed by atoms with Gasteiger partial charge in [0.1, 0.15) is 0 Å². The molecule has 1 nitrogen and oxygen atoms in total. The Balaban J connectivity index is 2.15. The van der Waals surface area contributed by atoms with E-state index in [0.29, 0.717) is 0 Å². The van der Waals surface area contributed by atoms with Crippen molar-refractivity contribution in [1.82, 2.24) is 0 Å². The lowest BCUT2D eigenvalue weighted by molar-refractivity contribution is 0.912. The summed E-state index contributed by atoms with van der Waals surface area (Å²) in [6.45, 7) is 10.9. The van der Waals surface area contributed by atoms with Crippen molar-refractivity contribution in [3.63, 3.8) is 0 Å². The molecule has 3 aromatic carbocycles. The number of hydrogen-bond acceptors (Lipinski definition) is 1. The predicted molar refractivity (Wildman–Crippen MR) is 114 cm³/mol. The van der Waals surface area contributed by atoms with Crippen LogP contribution >= 0.6 is 0 Å². The fourth-order valence-corrected chi connectivity index (χ4v) is 3.34. The van der Waals surface area contributed by atoms with Crippen LogP contribution in [0.25, 0.3) is 0 Å². The zero-order chi connectivity index (χ0) is 18.7. The Morgan fingerprint density at radius 2 is 1.19 bits per heavy atom. The quantitative estimate of drug-likeness (QED) is 0.468. The maximum Gasteiger partial charge on any atom is 0.0464 e. The van der Waals surface area contributed by atoms with Gasteiger partial charge in [-0.15, -0.1) is 0 Å². The van der Waals surface area contributed by atoms with Crippen LogP contribution in [0.2, 0.25) is 0 Å². The molecule has 1 heteroatoms. The van der Waals surface area contributed by atoms with Crippen molar-refractivity contribution < 1.29 is 0 Å². The predicted octanol–water partition coefficient (Wildman–Crippen LogP) is 7.34. The molecule has 0 heterocycles. The van der Waals surface area contributed by atoms with Gasteiger partial charge in [-0.3, -0.25) is 0 Å². The lowest BCUT2D eigenvalue weighted by Crippen LogP contribution is -2.11. The fraction of sp³-hybridized carbons (Fsp3) is 0.280. The van der Waals surface area contributed by atoms with E-state index in [1.807, 2.05) is 0 Å². The largest absolute Gasteiger partial charge is 0.310 e. The van der Waals surface area contributed by atoms with E-state index < -0.39 is 0 Å². The summed E-state index contributed by atoms with van der Waals surface area (Å²) in [7, 11) is 0. The normalized spacial score (nSPS) is 10.8. The summed E-state index contributed by atoms with van der Waals surface area (Å²) in [6.07, 6.45) is 2.28. The third-order valence-corrected chi connectivity index (χ3v) is 5.15. The molecular weight excluding hydrogens is 314 g/mol. The smallest absolute Gasteiger partial charge is 0.0464 e. The molecule has 0 fully saturated rings. The molecule has 0 saturated carbocycles. The molecule has 0 aliphatic heterocycles. The molecule has 26 heavy (non-hydrogen) atoms. The Kier molecular flexibility index (Phi) is 5.46. The second-order valence-electron chi connectivity index (χ2n) is 7.30. The van der Waals surface area contributed by atoms with Crippen LogP contribution < -0.4 is 4.90 Å². The Bertz CT molecular complexity index is 891. The second-order valence-corrected chi connectivity index (χ2v) is 7.30. The van der Waals surface area contributed by atoms with E-state index in [-0.39, 0.29) is 0 Å². The SMILES string of the molecule is CCCc1cc(N(c2ccc(C)cc2)c2ccc(C)c(C)c2)ccc1C. The zero-order valence-electron chi connectivity index (χ0n) is 16.6. The summed E-state index contributed by atoms with van der Waals surface area (Å²) < 4.78 is 0. The van der Waals surface area contributed by atoms with E-state index in [2.05, 4.69) is 100 Å². The molecule has 0 aliphatic carbocycles. The third-order valence-electron chi connectivity index (χ3n) is 5.15. The zero-order valence-corrected chi connectivity index (χ0v) is 16.6. The van der Waals surface area contributed by atoms with Gasteiger partial charge < -0.3 is 4.90 Å². The minimum Gasteiger partial charge on any atom is -0.310 e. The van der Waals surface area contributed by atoms with Gasteiger partial charge in [0, 0.05) is 17.1 Å². The second kappa shape index (κ2) is 7.78. The minimum atomic E-state index is 1.12. The summed E-state index contributed by atoms with van der Waals surface area (Å²) in [6, 6.07) is 22.4. The van der Waals surface area contributed by atoms with Gasteiger partial charge in [0.25, 0.3) is 0 Å². The van der Waals surface area contributed by atoms with Crippen molar-refractivity contribution in [1.29, 1.82) is 0 Å². The highest BCUT2D eigenvalue weighted by atomic mass is 15.1. The Morgan fingerprint density at radius 1 is 0.615 bits per heavy atom. The average molecular weight is 344 g/mol. The number of nitrogens with zero attached hydrogens (tertiary/aromatic N) is 1. The number of benzene rings is 3. The van der Waals surface area contributed by atoms with Crippen molar-refractivity contribution in [2.24, 2.45) is 0 Å².